The summed E-state index contributed by atoms with van der Waals surface area (Å²) < 4.78 is 17.9. The summed E-state index contributed by atoms with van der Waals surface area (Å²) >= 11 is 1.45. The molecule has 0 spiro atoms. The van der Waals surface area contributed by atoms with E-state index in [1.807, 2.05) is 44.5 Å². The monoisotopic (exact) mass is 413 g/mol. The molecule has 0 saturated carbocycles. The number of esters is 1. The van der Waals surface area contributed by atoms with E-state index in [-0.39, 0.29) is 6.61 Å². The Bertz CT molecular complexity index is 1050. The van der Waals surface area contributed by atoms with E-state index in [2.05, 4.69) is 10.1 Å². The van der Waals surface area contributed by atoms with Gasteiger partial charge in [-0.05, 0) is 32.1 Å². The molecular formula is C21H23N3O4S. The fourth-order valence-electron chi connectivity index (χ4n) is 2.93. The lowest BCUT2D eigenvalue weighted by molar-refractivity contribution is -0.139. The molecule has 0 N–H and O–H groups in total. The van der Waals surface area contributed by atoms with Gasteiger partial charge in [-0.15, -0.1) is 11.3 Å². The molecule has 0 atom stereocenters. The summed E-state index contributed by atoms with van der Waals surface area (Å²) in [7, 11) is 5.06. The number of hydrogen-bond donors (Lipinski definition) is 0. The molecule has 7 nitrogen and oxygen atoms in total. The van der Waals surface area contributed by atoms with E-state index < -0.39 is 5.97 Å². The summed E-state index contributed by atoms with van der Waals surface area (Å²) in [5, 5.41) is 6.95. The zero-order valence-electron chi connectivity index (χ0n) is 17.1. The van der Waals surface area contributed by atoms with Gasteiger partial charge in [0.05, 0.1) is 31.2 Å². The summed E-state index contributed by atoms with van der Waals surface area (Å²) in [5.74, 6) is 0.832. The molecule has 3 rings (SSSR count). The highest BCUT2D eigenvalue weighted by Gasteiger charge is 2.15. The van der Waals surface area contributed by atoms with Gasteiger partial charge in [0.25, 0.3) is 0 Å². The molecule has 0 radical (unpaired) electrons. The van der Waals surface area contributed by atoms with Gasteiger partial charge in [0.2, 0.25) is 0 Å². The molecule has 152 valence electrons. The molecule has 3 aromatic rings. The molecule has 0 saturated heterocycles. The van der Waals surface area contributed by atoms with Crippen molar-refractivity contribution in [3.63, 3.8) is 0 Å². The Labute approximate surface area is 173 Å². The van der Waals surface area contributed by atoms with E-state index >= 15 is 0 Å². The third kappa shape index (κ3) is 4.48. The molecule has 0 fully saturated rings. The zero-order valence-corrected chi connectivity index (χ0v) is 17.9. The largest absolute Gasteiger partial charge is 0.493 e. The summed E-state index contributed by atoms with van der Waals surface area (Å²) in [5.41, 5.74) is 4.28. The fourth-order valence-corrected chi connectivity index (χ4v) is 3.75. The molecule has 8 heteroatoms. The number of methoxy groups -OCH3 is 2. The Morgan fingerprint density at radius 2 is 2.03 bits per heavy atom. The van der Waals surface area contributed by atoms with Crippen molar-refractivity contribution >= 4 is 23.4 Å². The van der Waals surface area contributed by atoms with Gasteiger partial charge in [-0.2, -0.15) is 5.10 Å². The highest BCUT2D eigenvalue weighted by Crippen LogP contribution is 2.39. The minimum absolute atomic E-state index is 0.0942. The number of carbonyl (C=O) groups is 1. The number of thiazole rings is 1. The van der Waals surface area contributed by atoms with E-state index in [9.17, 15) is 4.79 Å². The van der Waals surface area contributed by atoms with Crippen molar-refractivity contribution in [2.75, 3.05) is 14.2 Å². The number of benzene rings is 1. The van der Waals surface area contributed by atoms with Crippen LogP contribution in [-0.2, 0) is 23.2 Å². The molecule has 0 amide bonds. The molecule has 2 aromatic heterocycles. The van der Waals surface area contributed by atoms with E-state index in [1.165, 1.54) is 17.4 Å². The topological polar surface area (TPSA) is 75.5 Å². The highest BCUT2D eigenvalue weighted by molar-refractivity contribution is 7.13. The van der Waals surface area contributed by atoms with Crippen LogP contribution in [0.15, 0.2) is 29.7 Å². The summed E-state index contributed by atoms with van der Waals surface area (Å²) in [6.07, 6.45) is 3.14. The molecule has 0 aliphatic rings. The molecule has 0 unspecified atom stereocenters. The highest BCUT2D eigenvalue weighted by atomic mass is 32.1. The Morgan fingerprint density at radius 1 is 1.24 bits per heavy atom. The zero-order chi connectivity index (χ0) is 21.0. The van der Waals surface area contributed by atoms with Crippen molar-refractivity contribution in [1.82, 2.24) is 14.8 Å². The van der Waals surface area contributed by atoms with E-state index in [4.69, 9.17) is 14.2 Å². The summed E-state index contributed by atoms with van der Waals surface area (Å²) in [4.78, 5) is 16.6. The molecule has 2 heterocycles. The van der Waals surface area contributed by atoms with Crippen LogP contribution in [0.2, 0.25) is 0 Å². The van der Waals surface area contributed by atoms with Gasteiger partial charge in [-0.1, -0.05) is 6.07 Å². The van der Waals surface area contributed by atoms with Crippen LogP contribution in [-0.4, -0.2) is 35.0 Å². The van der Waals surface area contributed by atoms with E-state index in [0.717, 1.165) is 27.5 Å². The number of carbonyl (C=O) groups excluding carboxylic acids is 1. The Kier molecular flexibility index (Phi) is 6.33. The van der Waals surface area contributed by atoms with E-state index in [0.29, 0.717) is 17.2 Å². The van der Waals surface area contributed by atoms with Crippen LogP contribution in [0, 0.1) is 13.8 Å². The molecule has 0 aliphatic carbocycles. The predicted molar refractivity (Wildman–Crippen MR) is 112 cm³/mol. The Hall–Kier alpha value is -3.13. The van der Waals surface area contributed by atoms with Crippen molar-refractivity contribution in [1.29, 1.82) is 0 Å². The van der Waals surface area contributed by atoms with Crippen molar-refractivity contribution in [3.8, 4) is 22.1 Å². The van der Waals surface area contributed by atoms with Crippen molar-refractivity contribution in [3.05, 3.63) is 52.3 Å². The molecule has 1 aromatic carbocycles. The van der Waals surface area contributed by atoms with Gasteiger partial charge >= 0.3 is 5.97 Å². The SMILES string of the molecule is COc1cccc(-c2nc(COC(=O)/C=C/c3c(C)nn(C)c3C)cs2)c1OC. The lowest BCUT2D eigenvalue weighted by atomic mass is 10.2. The smallest absolute Gasteiger partial charge is 0.331 e. The van der Waals surface area contributed by atoms with Crippen molar-refractivity contribution < 1.29 is 19.0 Å². The lowest BCUT2D eigenvalue weighted by Crippen LogP contribution is -2.01. The maximum atomic E-state index is 12.1. The van der Waals surface area contributed by atoms with Gasteiger partial charge < -0.3 is 14.2 Å². The predicted octanol–water partition coefficient (Wildman–Crippen LogP) is 3.93. The van der Waals surface area contributed by atoms with Gasteiger partial charge in [0.1, 0.15) is 11.6 Å². The van der Waals surface area contributed by atoms with Crippen LogP contribution in [0.5, 0.6) is 11.5 Å². The van der Waals surface area contributed by atoms with Gasteiger partial charge in [-0.3, -0.25) is 4.68 Å². The number of aromatic nitrogens is 3. The first-order valence-electron chi connectivity index (χ1n) is 8.95. The third-order valence-electron chi connectivity index (χ3n) is 4.50. The molecule has 0 bridgehead atoms. The minimum Gasteiger partial charge on any atom is -0.493 e. The quantitative estimate of drug-likeness (QED) is 0.431. The fraction of sp³-hybridized carbons (Fsp3) is 0.286. The normalized spacial score (nSPS) is 11.1. The minimum atomic E-state index is -0.429. The first-order valence-corrected chi connectivity index (χ1v) is 9.83. The Balaban J connectivity index is 1.67. The number of para-hydroxylation sites is 1. The molecule has 29 heavy (non-hydrogen) atoms. The first kappa shape index (κ1) is 20.6. The maximum Gasteiger partial charge on any atom is 0.331 e. The maximum absolute atomic E-state index is 12.1. The average Bonchev–Trinajstić information content (AvgIpc) is 3.28. The molecule has 0 aliphatic heterocycles. The van der Waals surface area contributed by atoms with Crippen LogP contribution < -0.4 is 9.47 Å². The van der Waals surface area contributed by atoms with Crippen LogP contribution in [0.25, 0.3) is 16.6 Å². The van der Waals surface area contributed by atoms with Crippen LogP contribution in [0.1, 0.15) is 22.6 Å². The number of aryl methyl sites for hydroxylation is 2. The van der Waals surface area contributed by atoms with E-state index in [1.54, 1.807) is 25.0 Å². The number of ether oxygens (including phenoxy) is 3. The number of hydrogen-bond acceptors (Lipinski definition) is 7. The van der Waals surface area contributed by atoms with Gasteiger partial charge in [0, 0.05) is 29.8 Å². The molecular weight excluding hydrogens is 390 g/mol. The lowest BCUT2D eigenvalue weighted by Gasteiger charge is -2.10. The Morgan fingerprint density at radius 3 is 2.69 bits per heavy atom. The third-order valence-corrected chi connectivity index (χ3v) is 5.42. The second kappa shape index (κ2) is 8.91. The summed E-state index contributed by atoms with van der Waals surface area (Å²) in [6.45, 7) is 3.95. The second-order valence-corrected chi connectivity index (χ2v) is 7.19. The average molecular weight is 413 g/mol. The van der Waals surface area contributed by atoms with Crippen molar-refractivity contribution in [2.24, 2.45) is 7.05 Å². The first-order chi connectivity index (χ1) is 13.9. The van der Waals surface area contributed by atoms with Gasteiger partial charge in [0.15, 0.2) is 11.5 Å². The van der Waals surface area contributed by atoms with Crippen LogP contribution in [0.3, 0.4) is 0 Å². The van der Waals surface area contributed by atoms with Crippen LogP contribution in [0.4, 0.5) is 0 Å². The van der Waals surface area contributed by atoms with Crippen molar-refractivity contribution in [2.45, 2.75) is 20.5 Å². The number of nitrogens with zero attached hydrogens (tertiary/aromatic N) is 3. The standard InChI is InChI=1S/C21H23N3O4S/c1-13-16(14(2)24(3)23-13)9-10-19(25)28-11-15-12-29-21(22-15)17-7-6-8-18(26-4)20(17)27-5/h6-10,12H,11H2,1-5H3/b10-9+. The van der Waals surface area contributed by atoms with Gasteiger partial charge in [-0.25, -0.2) is 9.78 Å². The van der Waals surface area contributed by atoms with Crippen LogP contribution >= 0.6 is 11.3 Å². The summed E-state index contributed by atoms with van der Waals surface area (Å²) in [6, 6.07) is 5.62. The number of rotatable bonds is 7. The second-order valence-electron chi connectivity index (χ2n) is 6.33.